The minimum atomic E-state index is -0.481. The number of amides is 1. The lowest BCUT2D eigenvalue weighted by atomic mass is 10.0. The SMILES string of the molecule is C=CC[C@H]1CC[C@@H]([C@@H](O)CCCCCC)N1C(=O)OCc1ccccc1. The van der Waals surface area contributed by atoms with Gasteiger partial charge >= 0.3 is 6.09 Å². The van der Waals surface area contributed by atoms with E-state index in [1.807, 2.05) is 36.4 Å². The van der Waals surface area contributed by atoms with Gasteiger partial charge in [0, 0.05) is 6.04 Å². The second kappa shape index (κ2) is 11.0. The van der Waals surface area contributed by atoms with Crippen LogP contribution in [0, 0.1) is 0 Å². The van der Waals surface area contributed by atoms with Gasteiger partial charge in [0.05, 0.1) is 12.1 Å². The summed E-state index contributed by atoms with van der Waals surface area (Å²) >= 11 is 0. The average molecular weight is 360 g/mol. The lowest BCUT2D eigenvalue weighted by molar-refractivity contribution is 0.0314. The third kappa shape index (κ3) is 5.87. The van der Waals surface area contributed by atoms with Crippen molar-refractivity contribution < 1.29 is 14.6 Å². The Morgan fingerprint density at radius 3 is 2.77 bits per heavy atom. The summed E-state index contributed by atoms with van der Waals surface area (Å²) in [5.74, 6) is 0. The van der Waals surface area contributed by atoms with Crippen molar-refractivity contribution in [3.05, 3.63) is 48.6 Å². The van der Waals surface area contributed by atoms with Crippen molar-refractivity contribution in [2.45, 2.75) is 83.1 Å². The number of aliphatic hydroxyl groups excluding tert-OH is 1. The monoisotopic (exact) mass is 359 g/mol. The fourth-order valence-electron chi connectivity index (χ4n) is 3.76. The molecule has 2 rings (SSSR count). The quantitative estimate of drug-likeness (QED) is 0.469. The number of aliphatic hydroxyl groups is 1. The molecule has 3 atom stereocenters. The Morgan fingerprint density at radius 1 is 1.31 bits per heavy atom. The molecule has 26 heavy (non-hydrogen) atoms. The predicted molar refractivity (Wildman–Crippen MR) is 105 cm³/mol. The summed E-state index contributed by atoms with van der Waals surface area (Å²) in [5.41, 5.74) is 0.969. The summed E-state index contributed by atoms with van der Waals surface area (Å²) in [7, 11) is 0. The van der Waals surface area contributed by atoms with E-state index in [1.54, 1.807) is 4.90 Å². The molecule has 0 unspecified atom stereocenters. The summed E-state index contributed by atoms with van der Waals surface area (Å²) in [6.45, 7) is 6.25. The Balaban J connectivity index is 1.95. The topological polar surface area (TPSA) is 49.8 Å². The third-order valence-electron chi connectivity index (χ3n) is 5.20. The van der Waals surface area contributed by atoms with E-state index >= 15 is 0 Å². The van der Waals surface area contributed by atoms with E-state index in [0.29, 0.717) is 0 Å². The van der Waals surface area contributed by atoms with Crippen molar-refractivity contribution in [2.75, 3.05) is 0 Å². The summed E-state index contributed by atoms with van der Waals surface area (Å²) in [4.78, 5) is 14.5. The first kappa shape index (κ1) is 20.5. The van der Waals surface area contributed by atoms with Crippen molar-refractivity contribution in [1.82, 2.24) is 4.90 Å². The van der Waals surface area contributed by atoms with Crippen LogP contribution in [0.3, 0.4) is 0 Å². The van der Waals surface area contributed by atoms with E-state index in [9.17, 15) is 9.90 Å². The molecule has 0 radical (unpaired) electrons. The molecule has 1 heterocycles. The van der Waals surface area contributed by atoms with Gasteiger partial charge in [-0.1, -0.05) is 69.0 Å². The number of likely N-dealkylation sites (tertiary alicyclic amines) is 1. The highest BCUT2D eigenvalue weighted by atomic mass is 16.6. The minimum absolute atomic E-state index is 0.0751. The Bertz CT molecular complexity index is 546. The molecule has 1 fully saturated rings. The molecule has 0 saturated carbocycles. The molecule has 1 amide bonds. The highest BCUT2D eigenvalue weighted by Crippen LogP contribution is 2.31. The maximum atomic E-state index is 12.8. The van der Waals surface area contributed by atoms with Crippen LogP contribution in [0.5, 0.6) is 0 Å². The number of hydrogen-bond donors (Lipinski definition) is 1. The van der Waals surface area contributed by atoms with Gasteiger partial charge in [-0.05, 0) is 31.2 Å². The van der Waals surface area contributed by atoms with E-state index in [4.69, 9.17) is 4.74 Å². The van der Waals surface area contributed by atoms with Gasteiger partial charge in [0.2, 0.25) is 0 Å². The molecule has 4 nitrogen and oxygen atoms in total. The Kier molecular flexibility index (Phi) is 8.69. The molecule has 1 aliphatic heterocycles. The fraction of sp³-hybridized carbons (Fsp3) is 0.591. The van der Waals surface area contributed by atoms with Crippen molar-refractivity contribution in [3.8, 4) is 0 Å². The van der Waals surface area contributed by atoms with Crippen LogP contribution in [0.1, 0.15) is 63.9 Å². The van der Waals surface area contributed by atoms with Crippen LogP contribution in [-0.2, 0) is 11.3 Å². The number of carbonyl (C=O) groups is 1. The number of rotatable bonds is 10. The normalized spacial score (nSPS) is 20.8. The molecule has 0 bridgehead atoms. The van der Waals surface area contributed by atoms with Gasteiger partial charge in [0.1, 0.15) is 6.61 Å². The Morgan fingerprint density at radius 2 is 2.08 bits per heavy atom. The molecule has 1 saturated heterocycles. The van der Waals surface area contributed by atoms with Gasteiger partial charge in [-0.15, -0.1) is 6.58 Å². The molecule has 4 heteroatoms. The van der Waals surface area contributed by atoms with Gasteiger partial charge in [-0.25, -0.2) is 4.79 Å². The fourth-order valence-corrected chi connectivity index (χ4v) is 3.76. The standard InChI is InChI=1S/C22H33NO3/c1-3-5-6-10-14-21(24)20-16-15-19(11-4-2)23(20)22(25)26-17-18-12-8-7-9-13-18/h4,7-9,12-13,19-21,24H,2-3,5-6,10-11,14-17H2,1H3/t19-,20-,21-/m0/s1. The first-order valence-electron chi connectivity index (χ1n) is 9.95. The van der Waals surface area contributed by atoms with Gasteiger partial charge in [-0.2, -0.15) is 0 Å². The first-order chi connectivity index (χ1) is 12.7. The van der Waals surface area contributed by atoms with Crippen molar-refractivity contribution in [2.24, 2.45) is 0 Å². The van der Waals surface area contributed by atoms with Crippen molar-refractivity contribution in [1.29, 1.82) is 0 Å². The van der Waals surface area contributed by atoms with Crippen LogP contribution in [0.2, 0.25) is 0 Å². The van der Waals surface area contributed by atoms with Crippen LogP contribution in [0.15, 0.2) is 43.0 Å². The average Bonchev–Trinajstić information content (AvgIpc) is 3.08. The van der Waals surface area contributed by atoms with E-state index in [2.05, 4.69) is 13.5 Å². The number of ether oxygens (including phenoxy) is 1. The summed E-state index contributed by atoms with van der Waals surface area (Å²) in [6, 6.07) is 9.62. The van der Waals surface area contributed by atoms with Crippen molar-refractivity contribution in [3.63, 3.8) is 0 Å². The maximum Gasteiger partial charge on any atom is 0.410 e. The summed E-state index contributed by atoms with van der Waals surface area (Å²) < 4.78 is 5.55. The second-order valence-electron chi connectivity index (χ2n) is 7.19. The minimum Gasteiger partial charge on any atom is -0.445 e. The lowest BCUT2D eigenvalue weighted by Crippen LogP contribution is -2.46. The number of benzene rings is 1. The highest BCUT2D eigenvalue weighted by molar-refractivity contribution is 5.69. The maximum absolute atomic E-state index is 12.8. The Hall–Kier alpha value is -1.81. The predicted octanol–water partition coefficient (Wildman–Crippen LogP) is 5.06. The summed E-state index contributed by atoms with van der Waals surface area (Å²) in [5, 5.41) is 10.7. The van der Waals surface area contributed by atoms with Crippen LogP contribution in [0.4, 0.5) is 4.79 Å². The molecule has 0 aliphatic carbocycles. The van der Waals surface area contributed by atoms with Gasteiger partial charge < -0.3 is 9.84 Å². The zero-order chi connectivity index (χ0) is 18.8. The number of carbonyl (C=O) groups excluding carboxylic acids is 1. The van der Waals surface area contributed by atoms with Crippen LogP contribution < -0.4 is 0 Å². The zero-order valence-corrected chi connectivity index (χ0v) is 16.0. The molecule has 1 N–H and O–H groups in total. The van der Waals surface area contributed by atoms with Crippen molar-refractivity contribution >= 4 is 6.09 Å². The number of hydrogen-bond acceptors (Lipinski definition) is 3. The van der Waals surface area contributed by atoms with Crippen LogP contribution >= 0.6 is 0 Å². The highest BCUT2D eigenvalue weighted by Gasteiger charge is 2.40. The lowest BCUT2D eigenvalue weighted by Gasteiger charge is -2.32. The third-order valence-corrected chi connectivity index (χ3v) is 5.20. The first-order valence-corrected chi connectivity index (χ1v) is 9.95. The van der Waals surface area contributed by atoms with E-state index in [-0.39, 0.29) is 24.8 Å². The molecular weight excluding hydrogens is 326 g/mol. The molecule has 0 spiro atoms. The zero-order valence-electron chi connectivity index (χ0n) is 16.0. The largest absolute Gasteiger partial charge is 0.445 e. The molecular formula is C22H33NO3. The molecule has 0 aromatic heterocycles. The van der Waals surface area contributed by atoms with Crippen LogP contribution in [-0.4, -0.2) is 34.3 Å². The molecule has 1 aromatic rings. The second-order valence-corrected chi connectivity index (χ2v) is 7.19. The van der Waals surface area contributed by atoms with E-state index in [0.717, 1.165) is 44.1 Å². The van der Waals surface area contributed by atoms with Gasteiger partial charge in [0.25, 0.3) is 0 Å². The van der Waals surface area contributed by atoms with Gasteiger partial charge in [-0.3, -0.25) is 4.90 Å². The number of nitrogens with zero attached hydrogens (tertiary/aromatic N) is 1. The van der Waals surface area contributed by atoms with E-state index in [1.165, 1.54) is 12.8 Å². The Labute approximate surface area is 157 Å². The summed E-state index contributed by atoms with van der Waals surface area (Å²) in [6.07, 6.45) is 8.75. The molecule has 1 aromatic carbocycles. The smallest absolute Gasteiger partial charge is 0.410 e. The number of unbranched alkanes of at least 4 members (excludes halogenated alkanes) is 3. The van der Waals surface area contributed by atoms with Crippen LogP contribution in [0.25, 0.3) is 0 Å². The van der Waals surface area contributed by atoms with E-state index < -0.39 is 6.10 Å². The molecule has 1 aliphatic rings. The molecule has 144 valence electrons. The van der Waals surface area contributed by atoms with Gasteiger partial charge in [0.15, 0.2) is 0 Å².